The molecule has 0 aliphatic heterocycles. The van der Waals surface area contributed by atoms with Crippen molar-refractivity contribution in [1.82, 2.24) is 5.32 Å². The minimum atomic E-state index is 0.296. The second-order valence-corrected chi connectivity index (χ2v) is 4.50. The monoisotopic (exact) mass is 255 g/mol. The fraction of sp³-hybridized carbons (Fsp3) is 0.714. The lowest BCUT2D eigenvalue weighted by molar-refractivity contribution is 0.103. The molecule has 1 aromatic heterocycles. The molecule has 4 nitrogen and oxygen atoms in total. The summed E-state index contributed by atoms with van der Waals surface area (Å²) in [7, 11) is 1.71. The maximum absolute atomic E-state index is 5.52. The molecule has 0 saturated carbocycles. The Kier molecular flexibility index (Phi) is 7.01. The van der Waals surface area contributed by atoms with Crippen molar-refractivity contribution < 1.29 is 13.9 Å². The minimum absolute atomic E-state index is 0.296. The van der Waals surface area contributed by atoms with Crippen LogP contribution < -0.4 is 5.32 Å². The van der Waals surface area contributed by atoms with E-state index < -0.39 is 0 Å². The van der Waals surface area contributed by atoms with Gasteiger partial charge in [0.2, 0.25) is 0 Å². The zero-order valence-electron chi connectivity index (χ0n) is 11.9. The molecule has 1 unspecified atom stereocenters. The average Bonchev–Trinajstić information content (AvgIpc) is 2.67. The van der Waals surface area contributed by atoms with Gasteiger partial charge < -0.3 is 19.2 Å². The first-order valence-electron chi connectivity index (χ1n) is 6.52. The summed E-state index contributed by atoms with van der Waals surface area (Å²) >= 11 is 0. The van der Waals surface area contributed by atoms with E-state index in [9.17, 15) is 0 Å². The molecule has 0 aromatic carbocycles. The fourth-order valence-electron chi connectivity index (χ4n) is 1.95. The highest BCUT2D eigenvalue weighted by molar-refractivity contribution is 5.23. The predicted molar refractivity (Wildman–Crippen MR) is 71.9 cm³/mol. The van der Waals surface area contributed by atoms with Gasteiger partial charge in [0.25, 0.3) is 0 Å². The first-order valence-corrected chi connectivity index (χ1v) is 6.52. The van der Waals surface area contributed by atoms with Crippen LogP contribution in [0.25, 0.3) is 0 Å². The molecule has 1 atom stereocenters. The third kappa shape index (κ3) is 5.21. The van der Waals surface area contributed by atoms with Gasteiger partial charge in [-0.1, -0.05) is 0 Å². The molecule has 1 rings (SSSR count). The van der Waals surface area contributed by atoms with Gasteiger partial charge in [0, 0.05) is 38.5 Å². The van der Waals surface area contributed by atoms with Crippen LogP contribution in [0, 0.1) is 13.8 Å². The number of hydrogen-bond donors (Lipinski definition) is 1. The van der Waals surface area contributed by atoms with Gasteiger partial charge in [-0.05, 0) is 33.3 Å². The van der Waals surface area contributed by atoms with Crippen LogP contribution in [0.4, 0.5) is 0 Å². The summed E-state index contributed by atoms with van der Waals surface area (Å²) in [6.45, 7) is 9.21. The summed E-state index contributed by atoms with van der Waals surface area (Å²) in [5, 5.41) is 3.43. The number of ether oxygens (including phenoxy) is 2. The zero-order valence-corrected chi connectivity index (χ0v) is 11.9. The van der Waals surface area contributed by atoms with E-state index in [0.717, 1.165) is 44.3 Å². The lowest BCUT2D eigenvalue weighted by Gasteiger charge is -2.13. The van der Waals surface area contributed by atoms with E-state index >= 15 is 0 Å². The summed E-state index contributed by atoms with van der Waals surface area (Å²) in [4.78, 5) is 0. The van der Waals surface area contributed by atoms with Crippen LogP contribution in [0.1, 0.15) is 36.5 Å². The van der Waals surface area contributed by atoms with Crippen LogP contribution in [-0.4, -0.2) is 33.5 Å². The molecule has 0 spiro atoms. The standard InChI is InChI=1S/C14H25NO3/c1-11-10-14(13(3)18-11)12(2)15-6-9-17-8-5-7-16-4/h10,12,15H,5-9H2,1-4H3. The topological polar surface area (TPSA) is 43.6 Å². The quantitative estimate of drug-likeness (QED) is 0.689. The molecule has 1 heterocycles. The number of aryl methyl sites for hydroxylation is 2. The third-order valence-corrected chi connectivity index (χ3v) is 2.88. The Morgan fingerprint density at radius 3 is 2.67 bits per heavy atom. The first-order chi connectivity index (χ1) is 8.65. The fourth-order valence-corrected chi connectivity index (χ4v) is 1.95. The van der Waals surface area contributed by atoms with Crippen molar-refractivity contribution in [2.24, 2.45) is 0 Å². The Balaban J connectivity index is 2.14. The average molecular weight is 255 g/mol. The van der Waals surface area contributed by atoms with Gasteiger partial charge in [0.1, 0.15) is 11.5 Å². The van der Waals surface area contributed by atoms with Crippen molar-refractivity contribution in [2.75, 3.05) is 33.5 Å². The van der Waals surface area contributed by atoms with Crippen LogP contribution in [0.2, 0.25) is 0 Å². The smallest absolute Gasteiger partial charge is 0.105 e. The highest BCUT2D eigenvalue weighted by atomic mass is 16.5. The molecule has 0 saturated heterocycles. The van der Waals surface area contributed by atoms with Gasteiger partial charge in [-0.3, -0.25) is 0 Å². The maximum atomic E-state index is 5.52. The summed E-state index contributed by atoms with van der Waals surface area (Å²) < 4.78 is 16.0. The predicted octanol–water partition coefficient (Wildman–Crippen LogP) is 2.60. The molecule has 1 aromatic rings. The Bertz CT molecular complexity index is 336. The van der Waals surface area contributed by atoms with E-state index in [1.807, 2.05) is 13.8 Å². The van der Waals surface area contributed by atoms with Gasteiger partial charge in [-0.15, -0.1) is 0 Å². The first kappa shape index (κ1) is 15.2. The van der Waals surface area contributed by atoms with Crippen LogP contribution in [0.15, 0.2) is 10.5 Å². The maximum Gasteiger partial charge on any atom is 0.105 e. The Labute approximate surface area is 110 Å². The number of rotatable bonds is 9. The lowest BCUT2D eigenvalue weighted by atomic mass is 10.1. The van der Waals surface area contributed by atoms with Crippen molar-refractivity contribution in [3.8, 4) is 0 Å². The van der Waals surface area contributed by atoms with Crippen LogP contribution >= 0.6 is 0 Å². The molecule has 0 radical (unpaired) electrons. The zero-order chi connectivity index (χ0) is 13.4. The second kappa shape index (κ2) is 8.29. The Hall–Kier alpha value is -0.840. The molecule has 0 bridgehead atoms. The molecule has 0 fully saturated rings. The normalized spacial score (nSPS) is 12.9. The third-order valence-electron chi connectivity index (χ3n) is 2.88. The number of furan rings is 1. The summed E-state index contributed by atoms with van der Waals surface area (Å²) in [6.07, 6.45) is 0.950. The largest absolute Gasteiger partial charge is 0.466 e. The van der Waals surface area contributed by atoms with E-state index in [-0.39, 0.29) is 0 Å². The van der Waals surface area contributed by atoms with Crippen molar-refractivity contribution >= 4 is 0 Å². The molecular formula is C14H25NO3. The highest BCUT2D eigenvalue weighted by Gasteiger charge is 2.11. The number of hydrogen-bond acceptors (Lipinski definition) is 4. The van der Waals surface area contributed by atoms with Crippen molar-refractivity contribution in [2.45, 2.75) is 33.2 Å². The van der Waals surface area contributed by atoms with Crippen molar-refractivity contribution in [1.29, 1.82) is 0 Å². The highest BCUT2D eigenvalue weighted by Crippen LogP contribution is 2.20. The van der Waals surface area contributed by atoms with Gasteiger partial charge in [0.15, 0.2) is 0 Å². The molecule has 18 heavy (non-hydrogen) atoms. The Morgan fingerprint density at radius 2 is 2.06 bits per heavy atom. The molecule has 1 N–H and O–H groups in total. The van der Waals surface area contributed by atoms with Gasteiger partial charge >= 0.3 is 0 Å². The molecule has 104 valence electrons. The Morgan fingerprint density at radius 1 is 1.28 bits per heavy atom. The summed E-state index contributed by atoms with van der Waals surface area (Å²) in [5.41, 5.74) is 1.23. The summed E-state index contributed by atoms with van der Waals surface area (Å²) in [6, 6.07) is 2.39. The van der Waals surface area contributed by atoms with Crippen LogP contribution in [0.5, 0.6) is 0 Å². The van der Waals surface area contributed by atoms with Crippen molar-refractivity contribution in [3.63, 3.8) is 0 Å². The van der Waals surface area contributed by atoms with E-state index in [1.165, 1.54) is 5.56 Å². The van der Waals surface area contributed by atoms with E-state index in [1.54, 1.807) is 7.11 Å². The van der Waals surface area contributed by atoms with Gasteiger partial charge in [-0.25, -0.2) is 0 Å². The lowest BCUT2D eigenvalue weighted by Crippen LogP contribution is -2.23. The molecule has 0 amide bonds. The van der Waals surface area contributed by atoms with E-state index in [2.05, 4.69) is 18.3 Å². The summed E-state index contributed by atoms with van der Waals surface area (Å²) in [5.74, 6) is 1.96. The van der Waals surface area contributed by atoms with E-state index in [0.29, 0.717) is 6.04 Å². The second-order valence-electron chi connectivity index (χ2n) is 4.50. The molecule has 4 heteroatoms. The number of methoxy groups -OCH3 is 1. The van der Waals surface area contributed by atoms with Crippen LogP contribution in [0.3, 0.4) is 0 Å². The van der Waals surface area contributed by atoms with Crippen molar-refractivity contribution in [3.05, 3.63) is 23.2 Å². The van der Waals surface area contributed by atoms with Gasteiger partial charge in [0.05, 0.1) is 6.61 Å². The molecule has 0 aliphatic carbocycles. The van der Waals surface area contributed by atoms with Crippen LogP contribution in [-0.2, 0) is 9.47 Å². The number of nitrogens with one attached hydrogen (secondary N) is 1. The van der Waals surface area contributed by atoms with E-state index in [4.69, 9.17) is 13.9 Å². The minimum Gasteiger partial charge on any atom is -0.466 e. The molecule has 0 aliphatic rings. The SMILES string of the molecule is COCCCOCCNC(C)c1cc(C)oc1C. The molecular weight excluding hydrogens is 230 g/mol. The van der Waals surface area contributed by atoms with Gasteiger partial charge in [-0.2, -0.15) is 0 Å².